The zero-order chi connectivity index (χ0) is 9.10. The van der Waals surface area contributed by atoms with Crippen LogP contribution in [0.2, 0.25) is 0 Å². The molecule has 1 fully saturated rings. The molecule has 1 aliphatic carbocycles. The van der Waals surface area contributed by atoms with Gasteiger partial charge in [-0.1, -0.05) is 12.8 Å². The number of halogens is 1. The molecule has 0 aromatic carbocycles. The molecule has 3 heteroatoms. The summed E-state index contributed by atoms with van der Waals surface area (Å²) in [5.41, 5.74) is 0. The third kappa shape index (κ3) is 2.79. The summed E-state index contributed by atoms with van der Waals surface area (Å²) in [7, 11) is 0. The van der Waals surface area contributed by atoms with Gasteiger partial charge in [-0.05, 0) is 34.8 Å². The number of rotatable bonds is 3. The third-order valence-corrected chi connectivity index (χ3v) is 4.24. The molecule has 1 N–H and O–H groups in total. The Kier molecular flexibility index (Phi) is 3.41. The van der Waals surface area contributed by atoms with E-state index in [9.17, 15) is 0 Å². The van der Waals surface area contributed by atoms with Gasteiger partial charge in [-0.2, -0.15) is 0 Å². The van der Waals surface area contributed by atoms with E-state index in [1.807, 2.05) is 11.3 Å². The quantitative estimate of drug-likeness (QED) is 0.876. The van der Waals surface area contributed by atoms with Crippen LogP contribution in [-0.4, -0.2) is 6.04 Å². The van der Waals surface area contributed by atoms with Crippen molar-refractivity contribution in [2.75, 3.05) is 0 Å². The summed E-state index contributed by atoms with van der Waals surface area (Å²) >= 11 is 5.29. The number of thiophene rings is 1. The maximum absolute atomic E-state index is 3.60. The highest BCUT2D eigenvalue weighted by molar-refractivity contribution is 9.10. The van der Waals surface area contributed by atoms with E-state index >= 15 is 0 Å². The molecule has 1 aromatic heterocycles. The largest absolute Gasteiger partial charge is 0.309 e. The van der Waals surface area contributed by atoms with Crippen molar-refractivity contribution in [3.8, 4) is 0 Å². The zero-order valence-corrected chi connectivity index (χ0v) is 9.96. The second-order valence-corrected chi connectivity index (χ2v) is 5.50. The van der Waals surface area contributed by atoms with Crippen molar-refractivity contribution in [2.24, 2.45) is 0 Å². The van der Waals surface area contributed by atoms with Crippen LogP contribution in [0.5, 0.6) is 0 Å². The van der Waals surface area contributed by atoms with Gasteiger partial charge in [-0.15, -0.1) is 11.3 Å². The van der Waals surface area contributed by atoms with Gasteiger partial charge in [-0.3, -0.25) is 0 Å². The topological polar surface area (TPSA) is 12.0 Å². The minimum Gasteiger partial charge on any atom is -0.309 e. The Balaban J connectivity index is 1.78. The number of hydrogen-bond acceptors (Lipinski definition) is 2. The Labute approximate surface area is 91.7 Å². The van der Waals surface area contributed by atoms with Crippen LogP contribution < -0.4 is 5.32 Å². The van der Waals surface area contributed by atoms with E-state index in [-0.39, 0.29) is 0 Å². The Morgan fingerprint density at radius 1 is 1.46 bits per heavy atom. The molecule has 0 saturated heterocycles. The van der Waals surface area contributed by atoms with Crippen LogP contribution in [0.1, 0.15) is 30.6 Å². The highest BCUT2D eigenvalue weighted by atomic mass is 79.9. The summed E-state index contributed by atoms with van der Waals surface area (Å²) in [5, 5.41) is 5.75. The average molecular weight is 260 g/mol. The van der Waals surface area contributed by atoms with Gasteiger partial charge in [0.15, 0.2) is 0 Å². The van der Waals surface area contributed by atoms with Gasteiger partial charge < -0.3 is 5.32 Å². The van der Waals surface area contributed by atoms with Crippen molar-refractivity contribution in [1.29, 1.82) is 0 Å². The Bertz CT molecular complexity index is 266. The van der Waals surface area contributed by atoms with Crippen molar-refractivity contribution in [1.82, 2.24) is 5.32 Å². The lowest BCUT2D eigenvalue weighted by atomic mass is 10.2. The Morgan fingerprint density at radius 3 is 2.85 bits per heavy atom. The maximum Gasteiger partial charge on any atom is 0.0302 e. The summed E-state index contributed by atoms with van der Waals surface area (Å²) in [4.78, 5) is 1.43. The van der Waals surface area contributed by atoms with Crippen molar-refractivity contribution >= 4 is 27.3 Å². The van der Waals surface area contributed by atoms with Gasteiger partial charge in [0.25, 0.3) is 0 Å². The molecule has 0 amide bonds. The molecule has 1 aromatic rings. The van der Waals surface area contributed by atoms with Crippen LogP contribution >= 0.6 is 27.3 Å². The molecule has 2 rings (SSSR count). The van der Waals surface area contributed by atoms with Crippen LogP contribution in [0.25, 0.3) is 0 Å². The minimum atomic E-state index is 0.779. The fourth-order valence-corrected chi connectivity index (χ4v) is 3.22. The molecule has 72 valence electrons. The Hall–Kier alpha value is 0.140. The van der Waals surface area contributed by atoms with Crippen LogP contribution in [0.3, 0.4) is 0 Å². The standard InChI is InChI=1S/C10H14BrNS/c11-8-5-10(13-7-8)6-12-9-3-1-2-4-9/h5,7,9,12H,1-4,6H2. The fourth-order valence-electron chi connectivity index (χ4n) is 1.82. The lowest BCUT2D eigenvalue weighted by Gasteiger charge is -2.09. The first-order valence-electron chi connectivity index (χ1n) is 4.81. The normalized spacial score (nSPS) is 18.2. The molecule has 0 aliphatic heterocycles. The highest BCUT2D eigenvalue weighted by Gasteiger charge is 2.13. The minimum absolute atomic E-state index is 0.779. The number of hydrogen-bond donors (Lipinski definition) is 1. The lowest BCUT2D eigenvalue weighted by Crippen LogP contribution is -2.24. The van der Waals surface area contributed by atoms with Crippen LogP contribution in [0, 0.1) is 0 Å². The van der Waals surface area contributed by atoms with Crippen molar-refractivity contribution in [3.05, 3.63) is 20.8 Å². The smallest absolute Gasteiger partial charge is 0.0302 e. The van der Waals surface area contributed by atoms with Crippen molar-refractivity contribution < 1.29 is 0 Å². The first kappa shape index (κ1) is 9.69. The molecule has 0 unspecified atom stereocenters. The first-order valence-corrected chi connectivity index (χ1v) is 6.48. The van der Waals surface area contributed by atoms with Gasteiger partial charge in [0.1, 0.15) is 0 Å². The van der Waals surface area contributed by atoms with Crippen LogP contribution in [0.15, 0.2) is 15.9 Å². The van der Waals surface area contributed by atoms with Crippen molar-refractivity contribution in [3.63, 3.8) is 0 Å². The molecule has 1 aliphatic rings. The molecule has 0 bridgehead atoms. The predicted molar refractivity (Wildman–Crippen MR) is 61.1 cm³/mol. The van der Waals surface area contributed by atoms with Gasteiger partial charge in [0, 0.05) is 27.3 Å². The monoisotopic (exact) mass is 259 g/mol. The molecule has 0 atom stereocenters. The number of nitrogens with one attached hydrogen (secondary N) is 1. The first-order chi connectivity index (χ1) is 6.34. The van der Waals surface area contributed by atoms with E-state index in [0.717, 1.165) is 12.6 Å². The van der Waals surface area contributed by atoms with Gasteiger partial charge in [-0.25, -0.2) is 0 Å². The van der Waals surface area contributed by atoms with E-state index in [2.05, 4.69) is 32.7 Å². The summed E-state index contributed by atoms with van der Waals surface area (Å²) < 4.78 is 1.21. The predicted octanol–water partition coefficient (Wildman–Crippen LogP) is 3.54. The van der Waals surface area contributed by atoms with E-state index < -0.39 is 0 Å². The van der Waals surface area contributed by atoms with E-state index in [4.69, 9.17) is 0 Å². The van der Waals surface area contributed by atoms with Crippen molar-refractivity contribution in [2.45, 2.75) is 38.3 Å². The van der Waals surface area contributed by atoms with E-state index in [1.54, 1.807) is 0 Å². The summed E-state index contributed by atoms with van der Waals surface area (Å²) in [6.45, 7) is 1.04. The molecule has 1 saturated carbocycles. The van der Waals surface area contributed by atoms with Gasteiger partial charge >= 0.3 is 0 Å². The second-order valence-electron chi connectivity index (χ2n) is 3.59. The molecular weight excluding hydrogens is 246 g/mol. The molecular formula is C10H14BrNS. The van der Waals surface area contributed by atoms with Crippen LogP contribution in [0.4, 0.5) is 0 Å². The van der Waals surface area contributed by atoms with Gasteiger partial charge in [0.05, 0.1) is 0 Å². The molecule has 0 spiro atoms. The van der Waals surface area contributed by atoms with Gasteiger partial charge in [0.2, 0.25) is 0 Å². The lowest BCUT2D eigenvalue weighted by molar-refractivity contribution is 0.527. The van der Waals surface area contributed by atoms with Crippen LogP contribution in [-0.2, 0) is 6.54 Å². The third-order valence-electron chi connectivity index (χ3n) is 2.54. The van der Waals surface area contributed by atoms with E-state index in [0.29, 0.717) is 0 Å². The molecule has 13 heavy (non-hydrogen) atoms. The fraction of sp³-hybridized carbons (Fsp3) is 0.600. The average Bonchev–Trinajstić information content (AvgIpc) is 2.71. The molecule has 1 heterocycles. The van der Waals surface area contributed by atoms with E-state index in [1.165, 1.54) is 35.0 Å². The maximum atomic E-state index is 3.60. The zero-order valence-electron chi connectivity index (χ0n) is 7.55. The summed E-state index contributed by atoms with van der Waals surface area (Å²) in [5.74, 6) is 0. The molecule has 0 radical (unpaired) electrons. The summed E-state index contributed by atoms with van der Waals surface area (Å²) in [6, 6.07) is 2.98. The molecule has 1 nitrogen and oxygen atoms in total. The summed E-state index contributed by atoms with van der Waals surface area (Å²) in [6.07, 6.45) is 5.55. The SMILES string of the molecule is Brc1csc(CNC2CCCC2)c1. The second kappa shape index (κ2) is 4.58. The highest BCUT2D eigenvalue weighted by Crippen LogP contribution is 2.21. The Morgan fingerprint density at radius 2 is 2.23 bits per heavy atom.